The van der Waals surface area contributed by atoms with Crippen molar-refractivity contribution < 1.29 is 22.7 Å². The Bertz CT molecular complexity index is 478. The molecule has 0 heterocycles. The van der Waals surface area contributed by atoms with E-state index < -0.39 is 24.0 Å². The summed E-state index contributed by atoms with van der Waals surface area (Å²) in [4.78, 5) is 0. The van der Waals surface area contributed by atoms with Crippen LogP contribution in [0.1, 0.15) is 48.5 Å². The Hall–Kier alpha value is -1.10. The molecule has 0 aromatic heterocycles. The van der Waals surface area contributed by atoms with Crippen molar-refractivity contribution in [3.05, 3.63) is 34.6 Å². The molecule has 21 heavy (non-hydrogen) atoms. The number of aliphatic hydroxyl groups is 1. The monoisotopic (exact) mass is 304 g/mol. The molecule has 1 aromatic rings. The minimum atomic E-state index is -4.17. The summed E-state index contributed by atoms with van der Waals surface area (Å²) in [7, 11) is 0. The van der Waals surface area contributed by atoms with Crippen molar-refractivity contribution in [2.45, 2.75) is 51.8 Å². The highest BCUT2D eigenvalue weighted by Crippen LogP contribution is 2.43. The van der Waals surface area contributed by atoms with E-state index in [1.54, 1.807) is 19.9 Å². The van der Waals surface area contributed by atoms with Crippen LogP contribution in [0.15, 0.2) is 12.1 Å². The molecule has 1 N–H and O–H groups in total. The SMILES string of the molecule is Cc1cc(C)c(C(O)C2CCC(C(F)(F)F)CC2)c(F)c1. The van der Waals surface area contributed by atoms with Crippen LogP contribution in [0.5, 0.6) is 0 Å². The summed E-state index contributed by atoms with van der Waals surface area (Å²) in [5.74, 6) is -2.07. The van der Waals surface area contributed by atoms with Crippen molar-refractivity contribution in [3.8, 4) is 0 Å². The summed E-state index contributed by atoms with van der Waals surface area (Å²) < 4.78 is 52.0. The van der Waals surface area contributed by atoms with Gasteiger partial charge in [0.1, 0.15) is 5.82 Å². The third-order valence-electron chi connectivity index (χ3n) is 4.46. The molecule has 0 amide bonds. The van der Waals surface area contributed by atoms with Crippen LogP contribution in [0, 0.1) is 31.5 Å². The molecular weight excluding hydrogens is 284 g/mol. The Morgan fingerprint density at radius 3 is 2.14 bits per heavy atom. The normalized spacial score (nSPS) is 24.9. The maximum atomic E-state index is 14.0. The zero-order chi connectivity index (χ0) is 15.8. The van der Waals surface area contributed by atoms with Gasteiger partial charge in [0.2, 0.25) is 0 Å². The van der Waals surface area contributed by atoms with E-state index in [1.165, 1.54) is 6.07 Å². The van der Waals surface area contributed by atoms with Gasteiger partial charge in [0.05, 0.1) is 12.0 Å². The Morgan fingerprint density at radius 2 is 1.67 bits per heavy atom. The average molecular weight is 304 g/mol. The predicted octanol–water partition coefficient (Wildman–Crippen LogP) is 4.84. The minimum Gasteiger partial charge on any atom is -0.388 e. The first-order valence-corrected chi connectivity index (χ1v) is 7.21. The molecule has 1 aliphatic carbocycles. The van der Waals surface area contributed by atoms with Crippen molar-refractivity contribution in [2.24, 2.45) is 11.8 Å². The molecule has 1 nitrogen and oxygen atoms in total. The molecule has 0 spiro atoms. The highest BCUT2D eigenvalue weighted by atomic mass is 19.4. The second-order valence-electron chi connectivity index (χ2n) is 6.08. The van der Waals surface area contributed by atoms with E-state index in [2.05, 4.69) is 0 Å². The molecule has 118 valence electrons. The minimum absolute atomic E-state index is 0.0117. The number of aryl methyl sites for hydroxylation is 2. The zero-order valence-electron chi connectivity index (χ0n) is 12.2. The number of hydrogen-bond donors (Lipinski definition) is 1. The molecule has 1 aromatic carbocycles. The molecule has 0 saturated heterocycles. The lowest BCUT2D eigenvalue weighted by Gasteiger charge is -2.33. The van der Waals surface area contributed by atoms with Gasteiger partial charge in [-0.15, -0.1) is 0 Å². The third-order valence-corrected chi connectivity index (χ3v) is 4.46. The van der Waals surface area contributed by atoms with Gasteiger partial charge >= 0.3 is 6.18 Å². The second kappa shape index (κ2) is 5.95. The standard InChI is InChI=1S/C16H20F4O/c1-9-7-10(2)14(13(17)8-9)15(21)11-3-5-12(6-4-11)16(18,19)20/h7-8,11-12,15,21H,3-6H2,1-2H3. The number of halogens is 4. The molecule has 1 aliphatic rings. The van der Waals surface area contributed by atoms with Gasteiger partial charge in [0.15, 0.2) is 0 Å². The first-order chi connectivity index (χ1) is 9.70. The Balaban J connectivity index is 2.11. The molecule has 2 rings (SSSR count). The van der Waals surface area contributed by atoms with Crippen molar-refractivity contribution in [2.75, 3.05) is 0 Å². The van der Waals surface area contributed by atoms with Gasteiger partial charge in [0, 0.05) is 5.56 Å². The molecule has 0 aliphatic heterocycles. The van der Waals surface area contributed by atoms with E-state index in [-0.39, 0.29) is 37.2 Å². The maximum Gasteiger partial charge on any atom is 0.391 e. The van der Waals surface area contributed by atoms with Gasteiger partial charge in [-0.05, 0) is 62.6 Å². The van der Waals surface area contributed by atoms with Crippen LogP contribution in [0.4, 0.5) is 17.6 Å². The molecule has 1 unspecified atom stereocenters. The summed E-state index contributed by atoms with van der Waals surface area (Å²) in [5, 5.41) is 10.4. The van der Waals surface area contributed by atoms with Gasteiger partial charge in [-0.25, -0.2) is 4.39 Å². The van der Waals surface area contributed by atoms with Crippen LogP contribution in [0.3, 0.4) is 0 Å². The van der Waals surface area contributed by atoms with Crippen LogP contribution >= 0.6 is 0 Å². The first-order valence-electron chi connectivity index (χ1n) is 7.21. The van der Waals surface area contributed by atoms with Crippen LogP contribution in [0.25, 0.3) is 0 Å². The smallest absolute Gasteiger partial charge is 0.388 e. The number of rotatable bonds is 2. The molecule has 1 fully saturated rings. The summed E-state index contributed by atoms with van der Waals surface area (Å²) in [6, 6.07) is 3.13. The van der Waals surface area contributed by atoms with Crippen LogP contribution < -0.4 is 0 Å². The molecule has 0 radical (unpaired) electrons. The largest absolute Gasteiger partial charge is 0.391 e. The quantitative estimate of drug-likeness (QED) is 0.775. The van der Waals surface area contributed by atoms with Gasteiger partial charge in [-0.1, -0.05) is 6.07 Å². The van der Waals surface area contributed by atoms with Crippen LogP contribution in [-0.2, 0) is 0 Å². The molecule has 1 atom stereocenters. The van der Waals surface area contributed by atoms with Gasteiger partial charge < -0.3 is 5.11 Å². The zero-order valence-corrected chi connectivity index (χ0v) is 12.2. The number of alkyl halides is 3. The highest BCUT2D eigenvalue weighted by Gasteiger charge is 2.42. The van der Waals surface area contributed by atoms with Gasteiger partial charge in [-0.3, -0.25) is 0 Å². The number of benzene rings is 1. The molecule has 1 saturated carbocycles. The molecule has 5 heteroatoms. The maximum absolute atomic E-state index is 14.0. The Labute approximate surface area is 122 Å². The molecule has 0 bridgehead atoms. The van der Waals surface area contributed by atoms with Crippen molar-refractivity contribution in [3.63, 3.8) is 0 Å². The fraction of sp³-hybridized carbons (Fsp3) is 0.625. The predicted molar refractivity (Wildman–Crippen MR) is 72.3 cm³/mol. The summed E-state index contributed by atoms with van der Waals surface area (Å²) in [5.41, 5.74) is 1.65. The van der Waals surface area contributed by atoms with Gasteiger partial charge in [0.25, 0.3) is 0 Å². The average Bonchev–Trinajstić information content (AvgIpc) is 2.36. The van der Waals surface area contributed by atoms with Crippen molar-refractivity contribution in [1.29, 1.82) is 0 Å². The third kappa shape index (κ3) is 3.57. The van der Waals surface area contributed by atoms with Crippen LogP contribution in [0.2, 0.25) is 0 Å². The number of hydrogen-bond acceptors (Lipinski definition) is 1. The fourth-order valence-corrected chi connectivity index (χ4v) is 3.30. The Morgan fingerprint density at radius 1 is 1.10 bits per heavy atom. The Kier molecular flexibility index (Phi) is 4.61. The van der Waals surface area contributed by atoms with E-state index in [1.807, 2.05) is 0 Å². The van der Waals surface area contributed by atoms with E-state index in [4.69, 9.17) is 0 Å². The van der Waals surface area contributed by atoms with Gasteiger partial charge in [-0.2, -0.15) is 13.2 Å². The lowest BCUT2D eigenvalue weighted by molar-refractivity contribution is -0.185. The summed E-state index contributed by atoms with van der Waals surface area (Å²) in [6.45, 7) is 3.48. The molecular formula is C16H20F4O. The lowest BCUT2D eigenvalue weighted by atomic mass is 9.77. The first kappa shape index (κ1) is 16.3. The van der Waals surface area contributed by atoms with Crippen molar-refractivity contribution >= 4 is 0 Å². The van der Waals surface area contributed by atoms with Crippen LogP contribution in [-0.4, -0.2) is 11.3 Å². The second-order valence-corrected chi connectivity index (χ2v) is 6.08. The van der Waals surface area contributed by atoms with E-state index >= 15 is 0 Å². The van der Waals surface area contributed by atoms with E-state index in [9.17, 15) is 22.7 Å². The summed E-state index contributed by atoms with van der Waals surface area (Å²) in [6.07, 6.45) is -4.62. The fourth-order valence-electron chi connectivity index (χ4n) is 3.30. The lowest BCUT2D eigenvalue weighted by Crippen LogP contribution is -2.30. The van der Waals surface area contributed by atoms with Crippen molar-refractivity contribution in [1.82, 2.24) is 0 Å². The highest BCUT2D eigenvalue weighted by molar-refractivity contribution is 5.34. The van der Waals surface area contributed by atoms with E-state index in [0.717, 1.165) is 5.56 Å². The van der Waals surface area contributed by atoms with E-state index in [0.29, 0.717) is 5.56 Å². The summed E-state index contributed by atoms with van der Waals surface area (Å²) >= 11 is 0. The topological polar surface area (TPSA) is 20.2 Å². The number of aliphatic hydroxyl groups excluding tert-OH is 1.